The number of fused-ring (bicyclic) bond motifs is 1. The molecule has 2 N–H and O–H groups in total. The monoisotopic (exact) mass is 529 g/mol. The van der Waals surface area contributed by atoms with Crippen LogP contribution in [0.1, 0.15) is 26.7 Å². The number of sulfonamides is 1. The van der Waals surface area contributed by atoms with Crippen LogP contribution in [0.25, 0.3) is 10.9 Å². The number of amides is 1. The minimum Gasteiger partial charge on any atom is -0.379 e. The van der Waals surface area contributed by atoms with E-state index in [-0.39, 0.29) is 40.4 Å². The molecule has 4 aromatic rings. The van der Waals surface area contributed by atoms with Gasteiger partial charge >= 0.3 is 0 Å². The van der Waals surface area contributed by atoms with Crippen molar-refractivity contribution in [1.82, 2.24) is 14.6 Å². The normalized spacial score (nSPS) is 15.8. The number of morpholine rings is 1. The molecule has 1 unspecified atom stereocenters. The van der Waals surface area contributed by atoms with Crippen LogP contribution in [0.2, 0.25) is 5.02 Å². The second-order valence-corrected chi connectivity index (χ2v) is 11.5. The van der Waals surface area contributed by atoms with Crippen molar-refractivity contribution in [2.24, 2.45) is 0 Å². The molecule has 2 aromatic carbocycles. The summed E-state index contributed by atoms with van der Waals surface area (Å²) in [6, 6.07) is 16.5. The Morgan fingerprint density at radius 2 is 1.94 bits per heavy atom. The number of nitrogens with zero attached hydrogens (tertiary/aromatic N) is 1. The fourth-order valence-electron chi connectivity index (χ4n) is 4.30. The molecule has 0 saturated carbocycles. The van der Waals surface area contributed by atoms with Gasteiger partial charge in [-0.25, -0.2) is 8.42 Å². The summed E-state index contributed by atoms with van der Waals surface area (Å²) in [5, 5.41) is 6.20. The van der Waals surface area contributed by atoms with E-state index in [1.165, 1.54) is 16.4 Å². The maximum Gasteiger partial charge on any atom is 0.251 e. The minimum atomic E-state index is -3.84. The summed E-state index contributed by atoms with van der Waals surface area (Å²) >= 11 is 7.88. The summed E-state index contributed by atoms with van der Waals surface area (Å²) in [5.41, 5.74) is 2.37. The van der Waals surface area contributed by atoms with Crippen LogP contribution in [0, 0.1) is 0 Å². The SMILES string of the molecule is O=C(NCC(c1cccs1)c1c[nH]c2ccccc12)c1ccc(Cl)c(S(=O)(=O)N2CCOCC2)c1. The molecule has 1 aliphatic rings. The summed E-state index contributed by atoms with van der Waals surface area (Å²) in [6.45, 7) is 1.52. The Kier molecular flexibility index (Phi) is 6.95. The average Bonchev–Trinajstić information content (AvgIpc) is 3.56. The minimum absolute atomic E-state index is 0.0565. The van der Waals surface area contributed by atoms with Gasteiger partial charge in [-0.3, -0.25) is 4.79 Å². The van der Waals surface area contributed by atoms with Crippen LogP contribution in [0.5, 0.6) is 0 Å². The van der Waals surface area contributed by atoms with Crippen molar-refractivity contribution in [3.8, 4) is 0 Å². The van der Waals surface area contributed by atoms with Crippen LogP contribution in [0.4, 0.5) is 0 Å². The molecular weight excluding hydrogens is 506 g/mol. The van der Waals surface area contributed by atoms with Gasteiger partial charge in [0.2, 0.25) is 10.0 Å². The average molecular weight is 530 g/mol. The fraction of sp³-hybridized carbons (Fsp3) is 0.240. The predicted molar refractivity (Wildman–Crippen MR) is 138 cm³/mol. The van der Waals surface area contributed by atoms with Gasteiger partial charge in [0.1, 0.15) is 4.90 Å². The lowest BCUT2D eigenvalue weighted by Gasteiger charge is -2.26. The Labute approximate surface area is 212 Å². The van der Waals surface area contributed by atoms with Gasteiger partial charge in [-0.2, -0.15) is 4.31 Å². The Hall–Kier alpha value is -2.69. The van der Waals surface area contributed by atoms with E-state index in [1.54, 1.807) is 17.4 Å². The van der Waals surface area contributed by atoms with E-state index < -0.39 is 10.0 Å². The molecule has 182 valence electrons. The molecule has 2 aromatic heterocycles. The molecule has 1 aliphatic heterocycles. The van der Waals surface area contributed by atoms with E-state index in [9.17, 15) is 13.2 Å². The van der Waals surface area contributed by atoms with E-state index in [1.807, 2.05) is 35.8 Å². The number of para-hydroxylation sites is 1. The number of benzene rings is 2. The molecule has 10 heteroatoms. The number of carbonyl (C=O) groups excluding carboxylic acids is 1. The summed E-state index contributed by atoms with van der Waals surface area (Å²) in [6.07, 6.45) is 1.98. The lowest BCUT2D eigenvalue weighted by atomic mass is 9.96. The largest absolute Gasteiger partial charge is 0.379 e. The molecule has 1 amide bonds. The van der Waals surface area contributed by atoms with Crippen molar-refractivity contribution in [1.29, 1.82) is 0 Å². The third-order valence-corrected chi connectivity index (χ3v) is 9.50. The van der Waals surface area contributed by atoms with E-state index >= 15 is 0 Å². The predicted octanol–water partition coefficient (Wildman–Crippen LogP) is 4.47. The summed E-state index contributed by atoms with van der Waals surface area (Å²) in [5.74, 6) is -0.416. The molecule has 1 saturated heterocycles. The van der Waals surface area contributed by atoms with Gasteiger partial charge in [0.15, 0.2) is 0 Å². The number of H-pyrrole nitrogens is 1. The smallest absolute Gasteiger partial charge is 0.251 e. The molecule has 1 fully saturated rings. The molecule has 0 bridgehead atoms. The van der Waals surface area contributed by atoms with E-state index in [0.717, 1.165) is 21.3 Å². The van der Waals surface area contributed by atoms with Gasteiger partial charge in [-0.15, -0.1) is 11.3 Å². The van der Waals surface area contributed by atoms with E-state index in [2.05, 4.69) is 22.4 Å². The number of aromatic amines is 1. The highest BCUT2D eigenvalue weighted by Gasteiger charge is 2.29. The van der Waals surface area contributed by atoms with Crippen molar-refractivity contribution in [3.05, 3.63) is 87.2 Å². The molecule has 0 aliphatic carbocycles. The molecule has 35 heavy (non-hydrogen) atoms. The Balaban J connectivity index is 1.39. The van der Waals surface area contributed by atoms with Crippen molar-refractivity contribution >= 4 is 49.8 Å². The van der Waals surface area contributed by atoms with Crippen LogP contribution < -0.4 is 5.32 Å². The Bertz CT molecular complexity index is 1440. The highest BCUT2D eigenvalue weighted by atomic mass is 35.5. The number of hydrogen-bond donors (Lipinski definition) is 2. The number of rotatable bonds is 7. The molecule has 0 radical (unpaired) electrons. The molecule has 0 spiro atoms. The van der Waals surface area contributed by atoms with Crippen molar-refractivity contribution in [3.63, 3.8) is 0 Å². The van der Waals surface area contributed by atoms with Crippen molar-refractivity contribution in [2.75, 3.05) is 32.8 Å². The number of halogens is 1. The van der Waals surface area contributed by atoms with Gasteiger partial charge in [0.25, 0.3) is 5.91 Å². The molecule has 7 nitrogen and oxygen atoms in total. The van der Waals surface area contributed by atoms with E-state index in [0.29, 0.717) is 19.8 Å². The molecule has 3 heterocycles. The lowest BCUT2D eigenvalue weighted by Crippen LogP contribution is -2.40. The van der Waals surface area contributed by atoms with Gasteiger partial charge in [0.05, 0.1) is 18.2 Å². The number of nitrogens with one attached hydrogen (secondary N) is 2. The zero-order valence-electron chi connectivity index (χ0n) is 18.7. The summed E-state index contributed by atoms with van der Waals surface area (Å²) < 4.78 is 32.9. The van der Waals surface area contributed by atoms with Gasteiger partial charge in [-0.05, 0) is 41.3 Å². The summed E-state index contributed by atoms with van der Waals surface area (Å²) in [4.78, 5) is 17.5. The van der Waals surface area contributed by atoms with Crippen molar-refractivity contribution < 1.29 is 17.9 Å². The second kappa shape index (κ2) is 10.1. The number of ether oxygens (including phenoxy) is 1. The second-order valence-electron chi connectivity index (χ2n) is 8.23. The third-order valence-electron chi connectivity index (χ3n) is 6.13. The van der Waals surface area contributed by atoms with Crippen LogP contribution in [0.15, 0.2) is 71.1 Å². The van der Waals surface area contributed by atoms with Crippen LogP contribution in [-0.4, -0.2) is 56.5 Å². The highest BCUT2D eigenvalue weighted by molar-refractivity contribution is 7.89. The maximum atomic E-state index is 13.1. The van der Waals surface area contributed by atoms with E-state index in [4.69, 9.17) is 16.3 Å². The number of carbonyl (C=O) groups is 1. The number of thiophene rings is 1. The number of aromatic nitrogens is 1. The first-order valence-corrected chi connectivity index (χ1v) is 13.9. The summed E-state index contributed by atoms with van der Waals surface area (Å²) in [7, 11) is -3.84. The van der Waals surface area contributed by atoms with Gasteiger partial charge in [0, 0.05) is 53.1 Å². The quantitative estimate of drug-likeness (QED) is 0.369. The van der Waals surface area contributed by atoms with Gasteiger partial charge < -0.3 is 15.0 Å². The lowest BCUT2D eigenvalue weighted by molar-refractivity contribution is 0.0730. The first-order valence-electron chi connectivity index (χ1n) is 11.2. The van der Waals surface area contributed by atoms with Crippen molar-refractivity contribution in [2.45, 2.75) is 10.8 Å². The third kappa shape index (κ3) is 4.87. The molecule has 1 atom stereocenters. The fourth-order valence-corrected chi connectivity index (χ4v) is 7.06. The molecule has 5 rings (SSSR count). The molecular formula is C25H24ClN3O4S2. The highest BCUT2D eigenvalue weighted by Crippen LogP contribution is 2.33. The zero-order chi connectivity index (χ0) is 24.4. The number of hydrogen-bond acceptors (Lipinski definition) is 5. The Morgan fingerprint density at radius 1 is 1.14 bits per heavy atom. The topological polar surface area (TPSA) is 91.5 Å². The first-order chi connectivity index (χ1) is 16.9. The van der Waals surface area contributed by atoms with Gasteiger partial charge in [-0.1, -0.05) is 35.9 Å². The first kappa shape index (κ1) is 24.0. The van der Waals surface area contributed by atoms with Crippen LogP contribution >= 0.6 is 22.9 Å². The van der Waals surface area contributed by atoms with Crippen LogP contribution in [0.3, 0.4) is 0 Å². The Morgan fingerprint density at radius 3 is 2.71 bits per heavy atom. The zero-order valence-corrected chi connectivity index (χ0v) is 21.1. The van der Waals surface area contributed by atoms with Crippen LogP contribution in [-0.2, 0) is 14.8 Å². The standard InChI is InChI=1S/C25H24ClN3O4S2/c26-21-8-7-17(14-24(21)35(31,32)29-9-11-33-12-10-29)25(30)28-16-20(23-6-3-13-34-23)19-15-27-22-5-2-1-4-18(19)22/h1-8,13-15,20,27H,9-12,16H2,(H,28,30). The maximum absolute atomic E-state index is 13.1.